The number of esters is 6. The summed E-state index contributed by atoms with van der Waals surface area (Å²) in [5.41, 5.74) is 5.57. The van der Waals surface area contributed by atoms with Crippen LogP contribution >= 0.6 is 23.5 Å². The fourth-order valence-electron chi connectivity index (χ4n) is 7.48. The van der Waals surface area contributed by atoms with Crippen LogP contribution in [0.15, 0.2) is 9.98 Å². The number of phosphoric acid groups is 3. The molecule has 17 atom stereocenters. The first-order valence-corrected chi connectivity index (χ1v) is 26.7. The average Bonchev–Trinajstić information content (AvgIpc) is 3.25. The number of nitrogens with one attached hydrogen (secondary N) is 1. The van der Waals surface area contributed by atoms with Crippen molar-refractivity contribution in [1.82, 2.24) is 5.32 Å². The van der Waals surface area contributed by atoms with Gasteiger partial charge in [-0.1, -0.05) is 0 Å². The molecule has 1 amide bonds. The highest BCUT2D eigenvalue weighted by atomic mass is 31.2. The van der Waals surface area contributed by atoms with Crippen LogP contribution < -0.4 is 21.3 Å². The minimum Gasteiger partial charge on any atom is -0.862 e. The monoisotopic (exact) mass is 1160 g/mol. The molecule has 3 rings (SSSR count). The molecule has 0 radical (unpaired) electrons. The lowest BCUT2D eigenvalue weighted by Gasteiger charge is -2.45. The largest absolute Gasteiger partial charge is 0.862 e. The van der Waals surface area contributed by atoms with Crippen molar-refractivity contribution in [2.75, 3.05) is 33.0 Å². The van der Waals surface area contributed by atoms with E-state index in [1.807, 2.05) is 0 Å². The first-order valence-electron chi connectivity index (χ1n) is 22.1. The predicted octanol–water partition coefficient (Wildman–Crippen LogP) is -4.10. The van der Waals surface area contributed by atoms with E-state index in [9.17, 15) is 77.0 Å². The highest BCUT2D eigenvalue weighted by Crippen LogP contribution is 2.50. The summed E-state index contributed by atoms with van der Waals surface area (Å²) in [5.74, 6) is -9.40. The third kappa shape index (κ3) is 21.3. The Morgan fingerprint density at radius 2 is 0.842 bits per heavy atom. The van der Waals surface area contributed by atoms with Crippen LogP contribution in [0.3, 0.4) is 0 Å². The number of carbonyl (C=O) groups excluding carboxylic acids is 7. The van der Waals surface area contributed by atoms with E-state index in [-0.39, 0.29) is 13.2 Å². The van der Waals surface area contributed by atoms with Crippen LogP contribution in [0.2, 0.25) is 0 Å². The van der Waals surface area contributed by atoms with Crippen molar-refractivity contribution in [3.63, 3.8) is 0 Å². The molecule has 3 aliphatic heterocycles. The second kappa shape index (κ2) is 28.8. The highest BCUT2D eigenvalue weighted by molar-refractivity contribution is 7.47. The van der Waals surface area contributed by atoms with Gasteiger partial charge in [0, 0.05) is 55.0 Å². The Balaban J connectivity index is 2.08. The van der Waals surface area contributed by atoms with E-state index in [0.717, 1.165) is 62.3 Å². The Bertz CT molecular complexity index is 2280. The lowest BCUT2D eigenvalue weighted by molar-refractivity contribution is -0.275. The van der Waals surface area contributed by atoms with Gasteiger partial charge in [-0.25, -0.2) is 13.7 Å². The zero-order valence-corrected chi connectivity index (χ0v) is 44.5. The number of phosphoric ester groups is 3. The second-order valence-electron chi connectivity index (χ2n) is 16.3. The fourth-order valence-corrected chi connectivity index (χ4v) is 9.50. The molecule has 0 bridgehead atoms. The summed E-state index contributed by atoms with van der Waals surface area (Å²) in [6.07, 6.45) is -23.5. The van der Waals surface area contributed by atoms with E-state index in [1.165, 1.54) is 0 Å². The molecule has 3 aliphatic rings. The van der Waals surface area contributed by atoms with Crippen LogP contribution in [-0.2, 0) is 117 Å². The van der Waals surface area contributed by atoms with Crippen LogP contribution in [0.5, 0.6) is 0 Å². The molecule has 2 unspecified atom stereocenters. The maximum Gasteiger partial charge on any atom is 0.474 e. The fraction of sp³-hybridized carbons (Fsp3) is 0.763. The number of nitrogens with zero attached hydrogens (tertiary/aromatic N) is 2. The topological polar surface area (TPSA) is 499 Å². The molecule has 0 aliphatic carbocycles. The molecule has 434 valence electrons. The van der Waals surface area contributed by atoms with E-state index >= 15 is 0 Å². The molecule has 0 aromatic heterocycles. The molecule has 76 heavy (non-hydrogen) atoms. The summed E-state index contributed by atoms with van der Waals surface area (Å²) in [6.45, 7) is 4.02. The number of hydrogen-bond donors (Lipinski definition) is 6. The summed E-state index contributed by atoms with van der Waals surface area (Å²) >= 11 is 0. The maximum atomic E-state index is 13.9. The van der Waals surface area contributed by atoms with E-state index in [4.69, 9.17) is 71.2 Å². The van der Waals surface area contributed by atoms with Gasteiger partial charge in [0.2, 0.25) is 5.91 Å². The van der Waals surface area contributed by atoms with Crippen molar-refractivity contribution in [1.29, 1.82) is 0 Å². The number of aliphatic imine (C=N–C) groups is 2. The van der Waals surface area contributed by atoms with E-state index in [0.29, 0.717) is 0 Å². The van der Waals surface area contributed by atoms with Crippen LogP contribution in [0.1, 0.15) is 62.3 Å². The zero-order valence-electron chi connectivity index (χ0n) is 41.8. The van der Waals surface area contributed by atoms with E-state index in [2.05, 4.69) is 19.8 Å². The van der Waals surface area contributed by atoms with Crippen molar-refractivity contribution >= 4 is 77.0 Å². The molecule has 3 saturated heterocycles. The number of rotatable bonds is 25. The van der Waals surface area contributed by atoms with Gasteiger partial charge in [-0.2, -0.15) is 0 Å². The number of hydrogen-bond acceptors (Lipinski definition) is 30. The number of amides is 1. The number of nitrogens with two attached hydrogens (primary N) is 1. The van der Waals surface area contributed by atoms with Gasteiger partial charge in [-0.05, 0) is 25.6 Å². The maximum absolute atomic E-state index is 13.9. The molecule has 7 N–H and O–H groups in total. The Hall–Kier alpha value is -4.64. The average molecular weight is 1160 g/mol. The smallest absolute Gasteiger partial charge is 0.474 e. The van der Waals surface area contributed by atoms with Crippen molar-refractivity contribution in [3.05, 3.63) is 0 Å². The van der Waals surface area contributed by atoms with E-state index in [1.54, 1.807) is 0 Å². The molecular formula is C38H59N4O31P3-2. The number of carbonyl (C=O) groups is 7. The Morgan fingerprint density at radius 1 is 0.513 bits per heavy atom. The van der Waals surface area contributed by atoms with Crippen LogP contribution in [0.25, 0.3) is 0 Å². The van der Waals surface area contributed by atoms with Crippen molar-refractivity contribution < 1.29 is 147 Å². The first kappa shape index (κ1) is 65.6. The molecule has 0 spiro atoms. The third-order valence-electron chi connectivity index (χ3n) is 9.80. The third-order valence-corrected chi connectivity index (χ3v) is 12.2. The van der Waals surface area contributed by atoms with Gasteiger partial charge in [0.25, 0.3) is 0 Å². The SMILES string of the molecule is CC(=O)N[C@@H]1[C@@H](OP(=O)(O)OC[C@H]2O[C@H](OCCN)[C@@H](N=C(C)[O-])[C@@H](OC(C)=O)[C@@H]2OC(C)=O)O[C@H](COP(=O)(O)O[C@H]2O[C@H](COP(=O)(O)O)[C@@H](OC(C)=O)[C@H](OC(C)=O)[C@@H]2N=C(C)[O-])[C@@H](OC(C)=O)[C@@H]1OC(C)=O. The van der Waals surface area contributed by atoms with Gasteiger partial charge in [0.05, 0.1) is 26.4 Å². The van der Waals surface area contributed by atoms with Gasteiger partial charge >= 0.3 is 59.3 Å². The number of ether oxygens (including phenoxy) is 10. The van der Waals surface area contributed by atoms with Gasteiger partial charge in [0.1, 0.15) is 36.4 Å². The summed E-state index contributed by atoms with van der Waals surface area (Å²) in [4.78, 5) is 135. The lowest BCUT2D eigenvalue weighted by Crippen LogP contribution is -2.66. The van der Waals surface area contributed by atoms with Gasteiger partial charge in [-0.15, -0.1) is 0 Å². The van der Waals surface area contributed by atoms with Crippen LogP contribution in [0.4, 0.5) is 0 Å². The van der Waals surface area contributed by atoms with Crippen LogP contribution in [0, 0.1) is 0 Å². The molecule has 0 aromatic carbocycles. The van der Waals surface area contributed by atoms with Gasteiger partial charge in [-0.3, -0.25) is 66.2 Å². The second-order valence-corrected chi connectivity index (χ2v) is 20.3. The van der Waals surface area contributed by atoms with Gasteiger partial charge < -0.3 is 88.2 Å². The minimum atomic E-state index is -5.81. The summed E-state index contributed by atoms with van der Waals surface area (Å²) in [5, 5.41) is 26.8. The highest BCUT2D eigenvalue weighted by Gasteiger charge is 2.57. The van der Waals surface area contributed by atoms with E-state index < -0.39 is 189 Å². The summed E-state index contributed by atoms with van der Waals surface area (Å²) in [7, 11) is -16.9. The molecule has 3 heterocycles. The summed E-state index contributed by atoms with van der Waals surface area (Å²) in [6, 6.07) is -5.51. The van der Waals surface area contributed by atoms with Gasteiger partial charge in [0.15, 0.2) is 55.5 Å². The normalized spacial score (nSPS) is 31.8. The molecule has 38 heteroatoms. The molecule has 35 nitrogen and oxygen atoms in total. The molecular weight excluding hydrogens is 1100 g/mol. The first-order chi connectivity index (χ1) is 35.1. The zero-order chi connectivity index (χ0) is 57.6. The Labute approximate surface area is 431 Å². The Kier molecular flexibility index (Phi) is 24.9. The summed E-state index contributed by atoms with van der Waals surface area (Å²) < 4.78 is 119. The molecule has 3 fully saturated rings. The molecule has 0 aromatic rings. The predicted molar refractivity (Wildman–Crippen MR) is 237 cm³/mol. The minimum absolute atomic E-state index is 0.123. The standard InChI is InChI=1S/C38H61N4O31P3/c1-15(43)40-27-33(66-21(7)49)31(64-19(5)47)25(69-36(27)59-11-10-39)13-61-75(55,56)73-38-29(42-17(3)45)35(68-23(9)51)32(65-20(6)48)26(71-38)14-62-76(57,58)72-37-28(41-16(2)44)34(67-22(8)50)30(63-18(4)46)24(70-37)12-60-74(52,53)54/h24-38H,10-14,39H2,1-9H3,(H,40,43)(H,41,44)(H,42,45)(H,55,56)(H,57,58)(H2,52,53,54)/p-2/t24-,25-,26-,27+,28+,29+,30-,31-,32-,33-,34-,35-,36+,37-,38-/m1/s1. The van der Waals surface area contributed by atoms with Crippen molar-refractivity contribution in [3.8, 4) is 0 Å². The quantitative estimate of drug-likeness (QED) is 0.0166. The van der Waals surface area contributed by atoms with Crippen molar-refractivity contribution in [2.24, 2.45) is 15.7 Å². The lowest BCUT2D eigenvalue weighted by atomic mass is 9.96. The van der Waals surface area contributed by atoms with Crippen molar-refractivity contribution in [2.45, 2.75) is 154 Å². The Morgan fingerprint density at radius 3 is 1.21 bits per heavy atom. The molecule has 0 saturated carbocycles. The van der Waals surface area contributed by atoms with Crippen LogP contribution in [-0.4, -0.2) is 198 Å².